The Morgan fingerprint density at radius 2 is 2.14 bits per heavy atom. The third-order valence-electron chi connectivity index (χ3n) is 2.74. The van der Waals surface area contributed by atoms with Crippen LogP contribution < -0.4 is 0 Å². The van der Waals surface area contributed by atoms with Crippen molar-refractivity contribution in [2.24, 2.45) is 5.41 Å². The molecule has 0 saturated carbocycles. The van der Waals surface area contributed by atoms with Crippen LogP contribution in [0.15, 0.2) is 12.2 Å². The average molecular weight is 194 g/mol. The molecule has 0 atom stereocenters. The molecule has 0 aliphatic carbocycles. The number of nitriles is 1. The van der Waals surface area contributed by atoms with Gasteiger partial charge in [-0.3, -0.25) is 0 Å². The molecule has 0 spiro atoms. The van der Waals surface area contributed by atoms with Gasteiger partial charge in [0.2, 0.25) is 0 Å². The molecule has 4 nitrogen and oxygen atoms in total. The predicted molar refractivity (Wildman–Crippen MR) is 51.7 cm³/mol. The van der Waals surface area contributed by atoms with E-state index in [9.17, 15) is 4.79 Å². The number of likely N-dealkylation sites (tertiary alicyclic amines) is 1. The summed E-state index contributed by atoms with van der Waals surface area (Å²) in [6, 6.07) is 1.96. The first-order valence-electron chi connectivity index (χ1n) is 4.63. The van der Waals surface area contributed by atoms with Gasteiger partial charge in [-0.2, -0.15) is 5.26 Å². The Kier molecular flexibility index (Phi) is 3.13. The van der Waals surface area contributed by atoms with Gasteiger partial charge in [-0.25, -0.2) is 4.79 Å². The fraction of sp³-hybridized carbons (Fsp3) is 0.600. The minimum absolute atomic E-state index is 0.0122. The summed E-state index contributed by atoms with van der Waals surface area (Å²) in [5, 5.41) is 17.2. The summed E-state index contributed by atoms with van der Waals surface area (Å²) in [5.74, 6) is 0. The lowest BCUT2D eigenvalue weighted by Crippen LogP contribution is -2.40. The first-order valence-corrected chi connectivity index (χ1v) is 4.63. The molecule has 0 aromatic rings. The standard InChI is InChI=1S/C10H14N2O2/c1-10(3-2-6-11)4-7-12(8-5-10)9(13)14/h2-3H,4-5,7-8H2,1H3,(H,13,14). The number of hydrogen-bond donors (Lipinski definition) is 1. The number of nitrogens with zero attached hydrogens (tertiary/aromatic N) is 2. The smallest absolute Gasteiger partial charge is 0.407 e. The SMILES string of the molecule is CC1(C=CC#N)CCN(C(=O)O)CC1. The summed E-state index contributed by atoms with van der Waals surface area (Å²) >= 11 is 0. The molecule has 14 heavy (non-hydrogen) atoms. The summed E-state index contributed by atoms with van der Waals surface area (Å²) in [5.41, 5.74) is -0.0122. The van der Waals surface area contributed by atoms with Gasteiger partial charge >= 0.3 is 6.09 Å². The first kappa shape index (κ1) is 10.6. The molecular weight excluding hydrogens is 180 g/mol. The molecule has 1 aliphatic rings. The molecule has 1 saturated heterocycles. The van der Waals surface area contributed by atoms with E-state index in [1.54, 1.807) is 0 Å². The largest absolute Gasteiger partial charge is 0.465 e. The van der Waals surface area contributed by atoms with Gasteiger partial charge < -0.3 is 10.0 Å². The molecule has 1 rings (SSSR count). The number of amides is 1. The normalized spacial score (nSPS) is 20.7. The van der Waals surface area contributed by atoms with Crippen molar-refractivity contribution in [1.82, 2.24) is 4.90 Å². The van der Waals surface area contributed by atoms with Crippen molar-refractivity contribution in [3.63, 3.8) is 0 Å². The van der Waals surface area contributed by atoms with Crippen LogP contribution in [0.5, 0.6) is 0 Å². The predicted octanol–water partition coefficient (Wildman–Crippen LogP) is 1.85. The molecule has 76 valence electrons. The minimum Gasteiger partial charge on any atom is -0.465 e. The summed E-state index contributed by atoms with van der Waals surface area (Å²) in [4.78, 5) is 12.1. The second kappa shape index (κ2) is 4.14. The van der Waals surface area contributed by atoms with Crippen molar-refractivity contribution in [2.45, 2.75) is 19.8 Å². The summed E-state index contributed by atoms with van der Waals surface area (Å²) in [6.07, 6.45) is 4.09. The first-order chi connectivity index (χ1) is 6.57. The number of carbonyl (C=O) groups is 1. The Morgan fingerprint density at radius 1 is 1.57 bits per heavy atom. The quantitative estimate of drug-likeness (QED) is 0.648. The summed E-state index contributed by atoms with van der Waals surface area (Å²) in [7, 11) is 0. The van der Waals surface area contributed by atoms with E-state index in [1.807, 2.05) is 12.1 Å². The minimum atomic E-state index is -0.851. The van der Waals surface area contributed by atoms with Crippen molar-refractivity contribution in [2.75, 3.05) is 13.1 Å². The van der Waals surface area contributed by atoms with E-state index in [-0.39, 0.29) is 5.41 Å². The van der Waals surface area contributed by atoms with E-state index in [1.165, 1.54) is 11.0 Å². The average Bonchev–Trinajstić information content (AvgIpc) is 2.16. The second-order valence-corrected chi connectivity index (χ2v) is 3.89. The van der Waals surface area contributed by atoms with Crippen LogP contribution in [-0.4, -0.2) is 29.2 Å². The van der Waals surface area contributed by atoms with Crippen molar-refractivity contribution in [1.29, 1.82) is 5.26 Å². The molecule has 1 fully saturated rings. The zero-order valence-corrected chi connectivity index (χ0v) is 8.23. The molecule has 1 heterocycles. The maximum atomic E-state index is 10.6. The van der Waals surface area contributed by atoms with Crippen LogP contribution in [-0.2, 0) is 0 Å². The lowest BCUT2D eigenvalue weighted by atomic mass is 9.80. The van der Waals surface area contributed by atoms with Crippen LogP contribution in [0.4, 0.5) is 4.79 Å². The third-order valence-corrected chi connectivity index (χ3v) is 2.74. The zero-order valence-electron chi connectivity index (χ0n) is 8.23. The Labute approximate surface area is 83.4 Å². The van der Waals surface area contributed by atoms with Crippen LogP contribution in [0, 0.1) is 16.7 Å². The number of carboxylic acid groups (broad SMARTS) is 1. The fourth-order valence-corrected chi connectivity index (χ4v) is 1.61. The van der Waals surface area contributed by atoms with Gasteiger partial charge in [0.25, 0.3) is 0 Å². The maximum absolute atomic E-state index is 10.6. The van der Waals surface area contributed by atoms with Gasteiger partial charge in [0.15, 0.2) is 0 Å². The van der Waals surface area contributed by atoms with E-state index in [4.69, 9.17) is 10.4 Å². The van der Waals surface area contributed by atoms with Crippen molar-refractivity contribution < 1.29 is 9.90 Å². The lowest BCUT2D eigenvalue weighted by Gasteiger charge is -2.35. The maximum Gasteiger partial charge on any atom is 0.407 e. The number of rotatable bonds is 1. The van der Waals surface area contributed by atoms with Crippen molar-refractivity contribution in [3.8, 4) is 6.07 Å². The Bertz CT molecular complexity index is 283. The molecular formula is C10H14N2O2. The molecule has 1 aliphatic heterocycles. The topological polar surface area (TPSA) is 64.3 Å². The van der Waals surface area contributed by atoms with Gasteiger partial charge in [-0.1, -0.05) is 13.0 Å². The molecule has 0 unspecified atom stereocenters. The fourth-order valence-electron chi connectivity index (χ4n) is 1.61. The van der Waals surface area contributed by atoms with Crippen LogP contribution in [0.25, 0.3) is 0 Å². The van der Waals surface area contributed by atoms with Gasteiger partial charge in [0, 0.05) is 19.2 Å². The molecule has 1 N–H and O–H groups in total. The molecule has 0 bridgehead atoms. The highest BCUT2D eigenvalue weighted by Crippen LogP contribution is 2.32. The van der Waals surface area contributed by atoms with Crippen molar-refractivity contribution >= 4 is 6.09 Å². The highest BCUT2D eigenvalue weighted by Gasteiger charge is 2.29. The summed E-state index contributed by atoms with van der Waals surface area (Å²) < 4.78 is 0. The second-order valence-electron chi connectivity index (χ2n) is 3.89. The lowest BCUT2D eigenvalue weighted by molar-refractivity contribution is 0.113. The molecule has 1 amide bonds. The molecule has 0 aromatic heterocycles. The van der Waals surface area contributed by atoms with Gasteiger partial charge in [0.1, 0.15) is 0 Å². The van der Waals surface area contributed by atoms with Crippen LogP contribution in [0.3, 0.4) is 0 Å². The van der Waals surface area contributed by atoms with Crippen molar-refractivity contribution in [3.05, 3.63) is 12.2 Å². The molecule has 0 radical (unpaired) electrons. The molecule has 4 heteroatoms. The summed E-state index contributed by atoms with van der Waals surface area (Å²) in [6.45, 7) is 3.17. The van der Waals surface area contributed by atoms with E-state index >= 15 is 0 Å². The number of allylic oxidation sites excluding steroid dienone is 2. The van der Waals surface area contributed by atoms with Gasteiger partial charge in [0.05, 0.1) is 6.07 Å². The Hall–Kier alpha value is -1.50. The monoisotopic (exact) mass is 194 g/mol. The van der Waals surface area contributed by atoms with E-state index in [0.717, 1.165) is 12.8 Å². The van der Waals surface area contributed by atoms with Crippen LogP contribution >= 0.6 is 0 Å². The van der Waals surface area contributed by atoms with E-state index in [0.29, 0.717) is 13.1 Å². The van der Waals surface area contributed by atoms with E-state index in [2.05, 4.69) is 6.92 Å². The van der Waals surface area contributed by atoms with Crippen LogP contribution in [0.1, 0.15) is 19.8 Å². The third kappa shape index (κ3) is 2.49. The number of piperidine rings is 1. The Morgan fingerprint density at radius 3 is 2.57 bits per heavy atom. The number of hydrogen-bond acceptors (Lipinski definition) is 2. The highest BCUT2D eigenvalue weighted by atomic mass is 16.4. The van der Waals surface area contributed by atoms with Gasteiger partial charge in [-0.05, 0) is 18.3 Å². The molecule has 0 aromatic carbocycles. The highest BCUT2D eigenvalue weighted by molar-refractivity contribution is 5.65. The van der Waals surface area contributed by atoms with Crippen LogP contribution in [0.2, 0.25) is 0 Å². The van der Waals surface area contributed by atoms with Gasteiger partial charge in [-0.15, -0.1) is 0 Å². The zero-order chi connectivity index (χ0) is 10.6. The van der Waals surface area contributed by atoms with E-state index < -0.39 is 6.09 Å². The Balaban J connectivity index is 2.54.